The minimum atomic E-state index is -2.01. The van der Waals surface area contributed by atoms with E-state index in [1.807, 2.05) is 6.92 Å². The monoisotopic (exact) mass is 816 g/mol. The minimum Gasteiger partial charge on any atom is -0.459 e. The largest absolute Gasteiger partial charge is 0.459 e. The number of nitrogens with two attached hydrogens (primary N) is 1. The summed E-state index contributed by atoms with van der Waals surface area (Å²) in [6.07, 6.45) is -7.07. The average molecular weight is 817 g/mol. The van der Waals surface area contributed by atoms with E-state index in [4.69, 9.17) is 39.7 Å². The van der Waals surface area contributed by atoms with Crippen LogP contribution in [-0.2, 0) is 52.4 Å². The van der Waals surface area contributed by atoms with Crippen LogP contribution < -0.4 is 5.73 Å². The molecule has 8 aliphatic rings. The highest BCUT2D eigenvalue weighted by molar-refractivity contribution is 5.91. The number of carbonyl (C=O) groups excluding carboxylic acids is 5. The van der Waals surface area contributed by atoms with E-state index in [0.29, 0.717) is 32.2 Å². The SMILES string of the molecule is CC(=O)O[C@H]1[C@H]2[C@H]([C@@H]3[C@@H](O)[C@@H]4[C@H]([C@H](C)[C@H]5O[C@]56OC(=O)[C@@](C)(OC(=O)CCCCN=[N+]=[N-])[C@]46C)[C@@]3(C)[C@H]1O)[C@@H](OC(=O)CCCCN)C(=O)[C@H]1C[C@@H]3O[C@@H]3[C@H](O)[C@]21C. The molecule has 3 heterocycles. The number of ketones is 1. The van der Waals surface area contributed by atoms with Crippen molar-refractivity contribution >= 4 is 29.7 Å². The van der Waals surface area contributed by atoms with Crippen molar-refractivity contribution in [1.29, 1.82) is 0 Å². The second kappa shape index (κ2) is 13.8. The van der Waals surface area contributed by atoms with Gasteiger partial charge in [-0.3, -0.25) is 19.2 Å². The number of hydrogen-bond acceptors (Lipinski definition) is 16. The Labute approximate surface area is 335 Å². The van der Waals surface area contributed by atoms with Crippen LogP contribution in [0.1, 0.15) is 86.5 Å². The van der Waals surface area contributed by atoms with Crippen LogP contribution in [0.25, 0.3) is 10.4 Å². The number of nitrogens with zero attached hydrogens (tertiary/aromatic N) is 3. The molecule has 18 nitrogen and oxygen atoms in total. The van der Waals surface area contributed by atoms with Gasteiger partial charge in [-0.05, 0) is 69.9 Å². The zero-order chi connectivity index (χ0) is 42.1. The Morgan fingerprint density at radius 3 is 2.29 bits per heavy atom. The molecule has 18 heteroatoms. The summed E-state index contributed by atoms with van der Waals surface area (Å²) in [7, 11) is 0. The molecule has 320 valence electrons. The highest BCUT2D eigenvalue weighted by Gasteiger charge is 2.94. The summed E-state index contributed by atoms with van der Waals surface area (Å²) in [6, 6.07) is 0. The van der Waals surface area contributed by atoms with Crippen LogP contribution in [0.15, 0.2) is 5.11 Å². The zero-order valence-electron chi connectivity index (χ0n) is 33.8. The number of epoxide rings is 2. The van der Waals surface area contributed by atoms with Crippen molar-refractivity contribution < 1.29 is 67.7 Å². The Hall–Kier alpha value is -3.38. The van der Waals surface area contributed by atoms with E-state index in [1.54, 1.807) is 20.8 Å². The third-order valence-corrected chi connectivity index (χ3v) is 16.5. The van der Waals surface area contributed by atoms with Crippen LogP contribution in [0.2, 0.25) is 0 Å². The van der Waals surface area contributed by atoms with Crippen molar-refractivity contribution in [2.24, 2.45) is 68.5 Å². The smallest absolute Gasteiger partial charge is 0.353 e. The van der Waals surface area contributed by atoms with Crippen LogP contribution in [0.3, 0.4) is 0 Å². The van der Waals surface area contributed by atoms with Gasteiger partial charge in [0.1, 0.15) is 18.3 Å². The third-order valence-electron chi connectivity index (χ3n) is 16.5. The molecule has 1 spiro atoms. The van der Waals surface area contributed by atoms with Crippen molar-refractivity contribution in [1.82, 2.24) is 0 Å². The fourth-order valence-corrected chi connectivity index (χ4v) is 13.8. The predicted molar refractivity (Wildman–Crippen MR) is 195 cm³/mol. The standard InChI is InChI=1S/C40H56N4O14/c1-16-23-26(38(5)39(6,35(52)58-40(38)34(16)57-40)56-21(47)12-8-10-14-43-44-42)28(49)24-22-25(31(53-17(2)45)33(51)37(23,24)4)36(3)18(15-19-29(54-19)32(36)50)27(48)30(22)55-20(46)11-7-9-13-41/h16,18-19,22-26,28-34,49-51H,7-15,41H2,1-6H3/t16-,18+,19-,22-,23-,24+,25+,26-,28+,29-,30+,31-,32-,33-,34+,36-,37+,38-,39+,40-/m0/s1. The van der Waals surface area contributed by atoms with E-state index in [0.717, 1.165) is 0 Å². The third kappa shape index (κ3) is 5.24. The van der Waals surface area contributed by atoms with Gasteiger partial charge in [0, 0.05) is 71.6 Å². The fourth-order valence-electron chi connectivity index (χ4n) is 13.8. The lowest BCUT2D eigenvalue weighted by Crippen LogP contribution is -2.74. The highest BCUT2D eigenvalue weighted by Crippen LogP contribution is 2.81. The summed E-state index contributed by atoms with van der Waals surface area (Å²) in [4.78, 5) is 72.1. The van der Waals surface area contributed by atoms with Crippen LogP contribution in [0.5, 0.6) is 0 Å². The summed E-state index contributed by atoms with van der Waals surface area (Å²) in [5.41, 5.74) is 7.93. The molecule has 5 N–H and O–H groups in total. The number of esters is 4. The molecular weight excluding hydrogens is 760 g/mol. The predicted octanol–water partition coefficient (Wildman–Crippen LogP) is 1.62. The van der Waals surface area contributed by atoms with Crippen LogP contribution in [0.4, 0.5) is 0 Å². The minimum absolute atomic E-state index is 0.0339. The first-order valence-electron chi connectivity index (χ1n) is 20.8. The second-order valence-corrected chi connectivity index (χ2v) is 18.9. The molecule has 0 aromatic heterocycles. The first-order chi connectivity index (χ1) is 27.3. The lowest BCUT2D eigenvalue weighted by atomic mass is 9.41. The number of aliphatic hydroxyl groups is 3. The van der Waals surface area contributed by atoms with Gasteiger partial charge in [-0.1, -0.05) is 25.9 Å². The molecular formula is C40H56N4O14. The van der Waals surface area contributed by atoms with Gasteiger partial charge in [-0.25, -0.2) is 4.79 Å². The Morgan fingerprint density at radius 1 is 0.931 bits per heavy atom. The maximum Gasteiger partial charge on any atom is 0.353 e. The molecule has 0 aromatic carbocycles. The summed E-state index contributed by atoms with van der Waals surface area (Å²) in [5, 5.41) is 41.7. The number of ether oxygens (including phenoxy) is 6. The summed E-state index contributed by atoms with van der Waals surface area (Å²) in [5.74, 6) is -11.4. The Kier molecular flexibility index (Phi) is 9.86. The van der Waals surface area contributed by atoms with E-state index < -0.39 is 148 Å². The molecule has 0 aromatic rings. The quantitative estimate of drug-likeness (QED) is 0.0414. The van der Waals surface area contributed by atoms with Crippen molar-refractivity contribution in [2.45, 2.75) is 147 Å². The molecule has 20 atom stereocenters. The summed E-state index contributed by atoms with van der Waals surface area (Å²) in [6.45, 7) is 10.2. The summed E-state index contributed by atoms with van der Waals surface area (Å²) >= 11 is 0. The topological polar surface area (TPSA) is 283 Å². The van der Waals surface area contributed by atoms with Gasteiger partial charge < -0.3 is 49.5 Å². The van der Waals surface area contributed by atoms with Crippen molar-refractivity contribution in [2.75, 3.05) is 13.1 Å². The Bertz CT molecular complexity index is 1830. The van der Waals surface area contributed by atoms with Gasteiger partial charge >= 0.3 is 23.9 Å². The summed E-state index contributed by atoms with van der Waals surface area (Å²) < 4.78 is 36.6. The lowest BCUT2D eigenvalue weighted by molar-refractivity contribution is -0.269. The first-order valence-corrected chi connectivity index (χ1v) is 20.8. The van der Waals surface area contributed by atoms with E-state index in [1.165, 1.54) is 13.8 Å². The van der Waals surface area contributed by atoms with Crippen molar-refractivity contribution in [3.63, 3.8) is 0 Å². The number of Topliss-reactive ketones (excluding diaryl/α,β-unsaturated/α-hetero) is 1. The zero-order valence-corrected chi connectivity index (χ0v) is 33.8. The Balaban J connectivity index is 1.26. The molecule has 5 saturated carbocycles. The number of fused-ring (bicyclic) bond motifs is 9. The molecule has 8 rings (SSSR count). The van der Waals surface area contributed by atoms with Gasteiger partial charge in [0.05, 0.1) is 29.8 Å². The number of unbranched alkanes of at least 4 members (excludes halogenated alkanes) is 2. The van der Waals surface area contributed by atoms with E-state index in [2.05, 4.69) is 10.0 Å². The van der Waals surface area contributed by atoms with E-state index in [-0.39, 0.29) is 25.8 Å². The molecule has 58 heavy (non-hydrogen) atoms. The number of carbonyl (C=O) groups is 5. The van der Waals surface area contributed by atoms with E-state index >= 15 is 4.79 Å². The van der Waals surface area contributed by atoms with Gasteiger partial charge in [-0.15, -0.1) is 0 Å². The number of rotatable bonds is 12. The highest BCUT2D eigenvalue weighted by atomic mass is 16.8. The molecule has 8 fully saturated rings. The normalized spacial score (nSPS) is 51.2. The molecule has 5 aliphatic carbocycles. The molecule has 0 unspecified atom stereocenters. The number of aliphatic hydroxyl groups excluding tert-OH is 3. The Morgan fingerprint density at radius 2 is 1.62 bits per heavy atom. The van der Waals surface area contributed by atoms with Gasteiger partial charge in [0.2, 0.25) is 5.60 Å². The van der Waals surface area contributed by atoms with Crippen LogP contribution in [-0.4, -0.2) is 118 Å². The first kappa shape index (κ1) is 41.4. The van der Waals surface area contributed by atoms with Crippen molar-refractivity contribution in [3.05, 3.63) is 10.4 Å². The molecule has 3 saturated heterocycles. The second-order valence-electron chi connectivity index (χ2n) is 18.9. The maximum atomic E-state index is 15.0. The molecule has 0 amide bonds. The van der Waals surface area contributed by atoms with Crippen molar-refractivity contribution in [3.8, 4) is 0 Å². The average Bonchev–Trinajstić information content (AvgIpc) is 4.07. The van der Waals surface area contributed by atoms with Gasteiger partial charge in [-0.2, -0.15) is 0 Å². The number of hydrogen-bond donors (Lipinski definition) is 4. The van der Waals surface area contributed by atoms with Crippen LogP contribution >= 0.6 is 0 Å². The number of azide groups is 1. The van der Waals surface area contributed by atoms with Gasteiger partial charge in [0.15, 0.2) is 11.9 Å². The molecule has 3 aliphatic heterocycles. The molecule has 0 bridgehead atoms. The molecule has 0 radical (unpaired) electrons. The maximum absolute atomic E-state index is 15.0. The van der Waals surface area contributed by atoms with Gasteiger partial charge in [0.25, 0.3) is 5.79 Å². The van der Waals surface area contributed by atoms with E-state index in [9.17, 15) is 34.5 Å². The lowest BCUT2D eigenvalue weighted by Gasteiger charge is -2.65. The fraction of sp³-hybridized carbons (Fsp3) is 0.875. The van der Waals surface area contributed by atoms with Crippen LogP contribution in [0, 0.1) is 57.7 Å².